The zero-order valence-electron chi connectivity index (χ0n) is 14.0. The molecule has 0 bridgehead atoms. The summed E-state index contributed by atoms with van der Waals surface area (Å²) in [4.78, 5) is 27.5. The number of benzene rings is 1. The van der Waals surface area contributed by atoms with Crippen LogP contribution in [0.3, 0.4) is 0 Å². The van der Waals surface area contributed by atoms with Crippen molar-refractivity contribution < 1.29 is 19.1 Å². The molecule has 1 saturated carbocycles. The van der Waals surface area contributed by atoms with Gasteiger partial charge in [0.05, 0.1) is 16.6 Å². The summed E-state index contributed by atoms with van der Waals surface area (Å²) in [6.45, 7) is 0.706. The number of carboxylic acid groups (broad SMARTS) is 1. The van der Waals surface area contributed by atoms with Gasteiger partial charge in [-0.2, -0.15) is 0 Å². The lowest BCUT2D eigenvalue weighted by atomic mass is 9.92. The van der Waals surface area contributed by atoms with E-state index < -0.39 is 11.9 Å². The van der Waals surface area contributed by atoms with Crippen molar-refractivity contribution in [2.45, 2.75) is 50.6 Å². The van der Waals surface area contributed by atoms with Gasteiger partial charge in [-0.05, 0) is 31.4 Å². The van der Waals surface area contributed by atoms with E-state index in [2.05, 4.69) is 0 Å². The molecule has 1 aliphatic heterocycles. The van der Waals surface area contributed by atoms with Crippen LogP contribution < -0.4 is 0 Å². The van der Waals surface area contributed by atoms with E-state index in [-0.39, 0.29) is 28.6 Å². The summed E-state index contributed by atoms with van der Waals surface area (Å²) in [6, 6.07) is 4.11. The Morgan fingerprint density at radius 1 is 1.16 bits per heavy atom. The van der Waals surface area contributed by atoms with E-state index in [9.17, 15) is 19.1 Å². The Morgan fingerprint density at radius 3 is 2.52 bits per heavy atom. The van der Waals surface area contributed by atoms with Crippen molar-refractivity contribution >= 4 is 23.6 Å². The minimum Gasteiger partial charge on any atom is -0.465 e. The van der Waals surface area contributed by atoms with Gasteiger partial charge in [-0.3, -0.25) is 4.79 Å². The summed E-state index contributed by atoms with van der Waals surface area (Å²) >= 11 is 6.03. The summed E-state index contributed by atoms with van der Waals surface area (Å²) in [7, 11) is 0. The van der Waals surface area contributed by atoms with Crippen LogP contribution in [-0.4, -0.2) is 52.1 Å². The number of rotatable bonds is 3. The first-order chi connectivity index (χ1) is 12.0. The van der Waals surface area contributed by atoms with Crippen molar-refractivity contribution in [2.75, 3.05) is 13.1 Å². The Hall–Kier alpha value is -1.82. The number of halogens is 2. The second-order valence-electron chi connectivity index (χ2n) is 6.78. The number of hydrogen-bond acceptors (Lipinski definition) is 2. The maximum atomic E-state index is 13.8. The topological polar surface area (TPSA) is 60.9 Å². The Bertz CT molecular complexity index is 664. The van der Waals surface area contributed by atoms with Crippen LogP contribution in [0.25, 0.3) is 0 Å². The van der Waals surface area contributed by atoms with Crippen molar-refractivity contribution in [1.29, 1.82) is 0 Å². The van der Waals surface area contributed by atoms with Crippen LogP contribution in [-0.2, 0) is 0 Å². The van der Waals surface area contributed by atoms with Crippen LogP contribution in [0.5, 0.6) is 0 Å². The molecule has 7 heteroatoms. The average Bonchev–Trinajstić information content (AvgIpc) is 3.08. The van der Waals surface area contributed by atoms with Crippen molar-refractivity contribution in [3.63, 3.8) is 0 Å². The molecule has 1 aromatic rings. The molecule has 1 aliphatic carbocycles. The normalized spacial score (nSPS) is 21.4. The van der Waals surface area contributed by atoms with E-state index in [1.54, 1.807) is 4.90 Å². The van der Waals surface area contributed by atoms with Crippen LogP contribution in [0.15, 0.2) is 18.2 Å². The third-order valence-electron chi connectivity index (χ3n) is 5.21. The molecule has 0 radical (unpaired) electrons. The van der Waals surface area contributed by atoms with Crippen LogP contribution in [0, 0.1) is 5.82 Å². The molecule has 2 fully saturated rings. The van der Waals surface area contributed by atoms with Gasteiger partial charge in [-0.25, -0.2) is 9.18 Å². The van der Waals surface area contributed by atoms with Gasteiger partial charge in [0.1, 0.15) is 5.82 Å². The van der Waals surface area contributed by atoms with E-state index in [4.69, 9.17) is 11.6 Å². The summed E-state index contributed by atoms with van der Waals surface area (Å²) in [6.07, 6.45) is 4.64. The summed E-state index contributed by atoms with van der Waals surface area (Å²) in [5.74, 6) is -0.914. The fourth-order valence-corrected chi connectivity index (χ4v) is 4.15. The Labute approximate surface area is 151 Å². The lowest BCUT2D eigenvalue weighted by Gasteiger charge is -2.38. The maximum Gasteiger partial charge on any atom is 0.407 e. The Kier molecular flexibility index (Phi) is 5.47. The number of likely N-dealkylation sites (tertiary alicyclic amines) is 1. The predicted molar refractivity (Wildman–Crippen MR) is 92.5 cm³/mol. The first kappa shape index (κ1) is 18.0. The standard InChI is InChI=1S/C18H22ClFN2O3/c19-16-14(7-4-8-15(16)20)17(23)22(12-5-2-1-3-6-12)13-9-10-21(11-13)18(24)25/h4,7-8,12-13H,1-3,5-6,9-11H2,(H,24,25)/t13-/m0/s1. The summed E-state index contributed by atoms with van der Waals surface area (Å²) in [5, 5.41) is 9.05. The number of carbonyl (C=O) groups excluding carboxylic acids is 1. The maximum absolute atomic E-state index is 13.8. The summed E-state index contributed by atoms with van der Waals surface area (Å²) in [5.41, 5.74) is 0.154. The molecule has 5 nitrogen and oxygen atoms in total. The molecule has 0 unspecified atom stereocenters. The molecule has 1 N–H and O–H groups in total. The SMILES string of the molecule is O=C(O)N1CC[C@H](N(C(=O)c2cccc(F)c2Cl)C2CCCCC2)C1. The van der Waals surface area contributed by atoms with E-state index in [1.807, 2.05) is 0 Å². The van der Waals surface area contributed by atoms with Gasteiger partial charge in [-0.1, -0.05) is 36.9 Å². The fourth-order valence-electron chi connectivity index (χ4n) is 3.94. The third kappa shape index (κ3) is 3.73. The molecule has 3 rings (SSSR count). The molecule has 1 heterocycles. The van der Waals surface area contributed by atoms with Crippen LogP contribution in [0.4, 0.5) is 9.18 Å². The number of nitrogens with zero attached hydrogens (tertiary/aromatic N) is 2. The molecule has 0 spiro atoms. The minimum atomic E-state index is -0.970. The molecule has 136 valence electrons. The number of carbonyl (C=O) groups is 2. The molecule has 1 saturated heterocycles. The second kappa shape index (κ2) is 7.60. The van der Waals surface area contributed by atoms with Gasteiger partial charge >= 0.3 is 6.09 Å². The van der Waals surface area contributed by atoms with Crippen molar-refractivity contribution in [3.8, 4) is 0 Å². The largest absolute Gasteiger partial charge is 0.465 e. The minimum absolute atomic E-state index is 0.0549. The van der Waals surface area contributed by atoms with E-state index in [0.29, 0.717) is 19.5 Å². The highest BCUT2D eigenvalue weighted by Crippen LogP contribution is 2.31. The van der Waals surface area contributed by atoms with Crippen molar-refractivity contribution in [2.24, 2.45) is 0 Å². The lowest BCUT2D eigenvalue weighted by Crippen LogP contribution is -2.49. The first-order valence-corrected chi connectivity index (χ1v) is 9.11. The number of amides is 2. The van der Waals surface area contributed by atoms with Gasteiger partial charge in [0.25, 0.3) is 5.91 Å². The van der Waals surface area contributed by atoms with Crippen LogP contribution >= 0.6 is 11.6 Å². The van der Waals surface area contributed by atoms with Gasteiger partial charge in [0.15, 0.2) is 0 Å². The Morgan fingerprint density at radius 2 is 1.88 bits per heavy atom. The Balaban J connectivity index is 1.89. The summed E-state index contributed by atoms with van der Waals surface area (Å²) < 4.78 is 13.8. The van der Waals surface area contributed by atoms with Crippen LogP contribution in [0.1, 0.15) is 48.9 Å². The van der Waals surface area contributed by atoms with E-state index in [0.717, 1.165) is 32.1 Å². The molecular weight excluding hydrogens is 347 g/mol. The van der Waals surface area contributed by atoms with Gasteiger partial charge < -0.3 is 14.9 Å². The molecule has 2 amide bonds. The first-order valence-electron chi connectivity index (χ1n) is 8.73. The van der Waals surface area contributed by atoms with Crippen LogP contribution in [0.2, 0.25) is 5.02 Å². The quantitative estimate of drug-likeness (QED) is 0.877. The molecule has 2 aliphatic rings. The zero-order valence-corrected chi connectivity index (χ0v) is 14.7. The van der Waals surface area contributed by atoms with Gasteiger partial charge in [0.2, 0.25) is 0 Å². The highest BCUT2D eigenvalue weighted by Gasteiger charge is 2.38. The van der Waals surface area contributed by atoms with Gasteiger partial charge in [0, 0.05) is 19.1 Å². The molecule has 1 aromatic carbocycles. The highest BCUT2D eigenvalue weighted by atomic mass is 35.5. The van der Waals surface area contributed by atoms with Crippen molar-refractivity contribution in [1.82, 2.24) is 9.80 Å². The average molecular weight is 369 g/mol. The third-order valence-corrected chi connectivity index (χ3v) is 5.60. The van der Waals surface area contributed by atoms with Crippen molar-refractivity contribution in [3.05, 3.63) is 34.6 Å². The second-order valence-corrected chi connectivity index (χ2v) is 7.15. The smallest absolute Gasteiger partial charge is 0.407 e. The predicted octanol–water partition coefficient (Wildman–Crippen LogP) is 4.01. The fraction of sp³-hybridized carbons (Fsp3) is 0.556. The molecular formula is C18H22ClFN2O3. The number of hydrogen-bond donors (Lipinski definition) is 1. The zero-order chi connectivity index (χ0) is 18.0. The molecule has 25 heavy (non-hydrogen) atoms. The lowest BCUT2D eigenvalue weighted by molar-refractivity contribution is 0.0517. The van der Waals surface area contributed by atoms with E-state index >= 15 is 0 Å². The molecule has 1 atom stereocenters. The van der Waals surface area contributed by atoms with Gasteiger partial charge in [-0.15, -0.1) is 0 Å². The molecule has 0 aromatic heterocycles. The monoisotopic (exact) mass is 368 g/mol. The van der Waals surface area contributed by atoms with E-state index in [1.165, 1.54) is 23.1 Å². The highest BCUT2D eigenvalue weighted by molar-refractivity contribution is 6.34.